The van der Waals surface area contributed by atoms with E-state index in [-0.39, 0.29) is 5.71 Å². The molecule has 0 fully saturated rings. The molecule has 7 heteroatoms. The zero-order valence-corrected chi connectivity index (χ0v) is 12.4. The first kappa shape index (κ1) is 15.5. The van der Waals surface area contributed by atoms with Gasteiger partial charge in [-0.05, 0) is 24.3 Å². The van der Waals surface area contributed by atoms with Gasteiger partial charge in [-0.3, -0.25) is 4.28 Å². The summed E-state index contributed by atoms with van der Waals surface area (Å²) in [5.74, 6) is 0.947. The first-order valence-electron chi connectivity index (χ1n) is 6.18. The van der Waals surface area contributed by atoms with Gasteiger partial charge in [-0.15, -0.1) is 0 Å². The fourth-order valence-electron chi connectivity index (χ4n) is 1.60. The van der Waals surface area contributed by atoms with Crippen LogP contribution in [0.5, 0.6) is 11.5 Å². The van der Waals surface area contributed by atoms with Crippen molar-refractivity contribution in [3.63, 3.8) is 0 Å². The summed E-state index contributed by atoms with van der Waals surface area (Å²) >= 11 is 0. The molecule has 2 aromatic rings. The lowest BCUT2D eigenvalue weighted by atomic mass is 10.1. The molecule has 0 aliphatic rings. The Kier molecular flexibility index (Phi) is 4.76. The zero-order chi connectivity index (χ0) is 16.0. The van der Waals surface area contributed by atoms with E-state index in [1.54, 1.807) is 42.5 Å². The van der Waals surface area contributed by atoms with Gasteiger partial charge in [-0.1, -0.05) is 35.5 Å². The topological polar surface area (TPSA) is 88.8 Å². The summed E-state index contributed by atoms with van der Waals surface area (Å²) in [7, 11) is -3.79. The number of ether oxygens (including phenoxy) is 1. The number of hydrogen-bond donors (Lipinski definition) is 0. The van der Waals surface area contributed by atoms with E-state index < -0.39 is 10.1 Å². The largest absolute Gasteiger partial charge is 0.457 e. The zero-order valence-electron chi connectivity index (χ0n) is 11.6. The number of rotatable bonds is 5. The Hall–Kier alpha value is -2.85. The molecule has 0 aliphatic heterocycles. The predicted octanol–water partition coefficient (Wildman–Crippen LogP) is 2.68. The number of oxime groups is 1. The molecule has 22 heavy (non-hydrogen) atoms. The molecule has 0 aliphatic carbocycles. The maximum Gasteiger partial charge on any atom is 0.325 e. The highest BCUT2D eigenvalue weighted by Gasteiger charge is 2.13. The minimum Gasteiger partial charge on any atom is -0.457 e. The van der Waals surface area contributed by atoms with Gasteiger partial charge >= 0.3 is 10.1 Å². The smallest absolute Gasteiger partial charge is 0.325 e. The molecule has 0 radical (unpaired) electrons. The molecule has 0 unspecified atom stereocenters. The van der Waals surface area contributed by atoms with Crippen molar-refractivity contribution >= 4 is 15.8 Å². The monoisotopic (exact) mass is 316 g/mol. The molecule has 2 rings (SSSR count). The number of nitrogens with zero attached hydrogens (tertiary/aromatic N) is 2. The van der Waals surface area contributed by atoms with Crippen LogP contribution in [-0.4, -0.2) is 20.4 Å². The first-order valence-corrected chi connectivity index (χ1v) is 8.00. The summed E-state index contributed by atoms with van der Waals surface area (Å²) in [5, 5.41) is 12.5. The Morgan fingerprint density at radius 2 is 1.73 bits per heavy atom. The summed E-state index contributed by atoms with van der Waals surface area (Å²) in [6.07, 6.45) is 0.845. The van der Waals surface area contributed by atoms with E-state index in [0.29, 0.717) is 17.1 Å². The highest BCUT2D eigenvalue weighted by atomic mass is 32.2. The quantitative estimate of drug-likeness (QED) is 0.625. The fourth-order valence-corrected chi connectivity index (χ4v) is 1.81. The average molecular weight is 316 g/mol. The van der Waals surface area contributed by atoms with E-state index in [2.05, 4.69) is 9.44 Å². The molecule has 0 bridgehead atoms. The van der Waals surface area contributed by atoms with Crippen molar-refractivity contribution in [2.75, 3.05) is 6.26 Å². The second-order valence-corrected chi connectivity index (χ2v) is 5.80. The average Bonchev–Trinajstić information content (AvgIpc) is 2.49. The molecule has 0 aromatic heterocycles. The van der Waals surface area contributed by atoms with Gasteiger partial charge < -0.3 is 4.74 Å². The Morgan fingerprint density at radius 3 is 2.36 bits per heavy atom. The number of hydrogen-bond acceptors (Lipinski definition) is 6. The third-order valence-electron chi connectivity index (χ3n) is 2.48. The second-order valence-electron chi connectivity index (χ2n) is 4.24. The fraction of sp³-hybridized carbons (Fsp3) is 0.0667. The number of nitriles is 1. The third-order valence-corrected chi connectivity index (χ3v) is 2.83. The minimum absolute atomic E-state index is 0.197. The molecule has 0 saturated heterocycles. The van der Waals surface area contributed by atoms with Crippen molar-refractivity contribution in [1.29, 1.82) is 5.26 Å². The van der Waals surface area contributed by atoms with Crippen LogP contribution in [0.1, 0.15) is 5.56 Å². The number of para-hydroxylation sites is 2. The summed E-state index contributed by atoms with van der Waals surface area (Å²) < 4.78 is 32.0. The first-order chi connectivity index (χ1) is 10.5. The van der Waals surface area contributed by atoms with E-state index >= 15 is 0 Å². The summed E-state index contributed by atoms with van der Waals surface area (Å²) in [6.45, 7) is 0. The van der Waals surface area contributed by atoms with E-state index in [9.17, 15) is 8.42 Å². The van der Waals surface area contributed by atoms with Crippen LogP contribution in [0.15, 0.2) is 59.8 Å². The lowest BCUT2D eigenvalue weighted by molar-refractivity contribution is 0.343. The minimum atomic E-state index is -3.79. The third kappa shape index (κ3) is 4.33. The molecule has 0 saturated carbocycles. The van der Waals surface area contributed by atoms with Crippen molar-refractivity contribution in [3.05, 3.63) is 60.2 Å². The standard InChI is InChI=1S/C15H12N2O4S/c1-22(18,19)21-17-14(11-16)13-9-5-6-10-15(13)20-12-7-3-2-4-8-12/h2-10H,1H3/b17-14-. The van der Waals surface area contributed by atoms with E-state index in [0.717, 1.165) is 6.26 Å². The Labute approximate surface area is 128 Å². The van der Waals surface area contributed by atoms with Crippen molar-refractivity contribution in [1.82, 2.24) is 0 Å². The van der Waals surface area contributed by atoms with Crippen molar-refractivity contribution in [2.45, 2.75) is 0 Å². The molecule has 0 N–H and O–H groups in total. The summed E-state index contributed by atoms with van der Waals surface area (Å²) in [4.78, 5) is 0. The van der Waals surface area contributed by atoms with Crippen molar-refractivity contribution in [3.8, 4) is 17.6 Å². The summed E-state index contributed by atoms with van der Waals surface area (Å²) in [5.41, 5.74) is 0.134. The molecule has 112 valence electrons. The van der Waals surface area contributed by atoms with Crippen molar-refractivity contribution in [2.24, 2.45) is 5.16 Å². The highest BCUT2D eigenvalue weighted by Crippen LogP contribution is 2.25. The lowest BCUT2D eigenvalue weighted by Gasteiger charge is -2.09. The van der Waals surface area contributed by atoms with Crippen LogP contribution in [0.3, 0.4) is 0 Å². The molecule has 0 heterocycles. The van der Waals surface area contributed by atoms with Crippen LogP contribution in [0.4, 0.5) is 0 Å². The van der Waals surface area contributed by atoms with Crippen molar-refractivity contribution < 1.29 is 17.4 Å². The van der Waals surface area contributed by atoms with Gasteiger partial charge in [0, 0.05) is 0 Å². The van der Waals surface area contributed by atoms with Gasteiger partial charge in [0.15, 0.2) is 5.71 Å². The normalized spacial score (nSPS) is 11.5. The molecule has 0 amide bonds. The second kappa shape index (κ2) is 6.74. The van der Waals surface area contributed by atoms with Crippen LogP contribution < -0.4 is 4.74 Å². The van der Waals surface area contributed by atoms with Crippen LogP contribution in [-0.2, 0) is 14.4 Å². The molecule has 6 nitrogen and oxygen atoms in total. The molecular weight excluding hydrogens is 304 g/mol. The molecule has 0 atom stereocenters. The van der Waals surface area contributed by atoms with E-state index in [4.69, 9.17) is 10.00 Å². The molecule has 0 spiro atoms. The Morgan fingerprint density at radius 1 is 1.09 bits per heavy atom. The maximum absolute atomic E-state index is 11.0. The van der Waals surface area contributed by atoms with Crippen LogP contribution in [0.25, 0.3) is 0 Å². The SMILES string of the molecule is CS(=O)(=O)O/N=C(/C#N)c1ccccc1Oc1ccccc1. The Bertz CT molecular complexity index is 824. The van der Waals surface area contributed by atoms with Gasteiger partial charge in [0.25, 0.3) is 0 Å². The molecular formula is C15H12N2O4S. The van der Waals surface area contributed by atoms with Crippen LogP contribution in [0.2, 0.25) is 0 Å². The lowest BCUT2D eigenvalue weighted by Crippen LogP contribution is -2.04. The van der Waals surface area contributed by atoms with Gasteiger partial charge in [-0.2, -0.15) is 13.7 Å². The highest BCUT2D eigenvalue weighted by molar-refractivity contribution is 7.85. The van der Waals surface area contributed by atoms with Crippen LogP contribution in [0, 0.1) is 11.3 Å². The summed E-state index contributed by atoms with van der Waals surface area (Å²) in [6, 6.07) is 17.4. The number of benzene rings is 2. The van der Waals surface area contributed by atoms with Crippen LogP contribution >= 0.6 is 0 Å². The van der Waals surface area contributed by atoms with Gasteiger partial charge in [0.1, 0.15) is 17.6 Å². The van der Waals surface area contributed by atoms with Gasteiger partial charge in [0.05, 0.1) is 11.8 Å². The molecule has 2 aromatic carbocycles. The maximum atomic E-state index is 11.0. The van der Waals surface area contributed by atoms with E-state index in [1.807, 2.05) is 18.2 Å². The van der Waals surface area contributed by atoms with Gasteiger partial charge in [0.2, 0.25) is 0 Å². The predicted molar refractivity (Wildman–Crippen MR) is 81.0 cm³/mol. The van der Waals surface area contributed by atoms with E-state index in [1.165, 1.54) is 0 Å². The Balaban J connectivity index is 2.37. The van der Waals surface area contributed by atoms with Gasteiger partial charge in [-0.25, -0.2) is 0 Å².